The van der Waals surface area contributed by atoms with Crippen molar-refractivity contribution in [2.24, 2.45) is 12.2 Å². The lowest BCUT2D eigenvalue weighted by Crippen LogP contribution is -2.14. The number of anilines is 1. The Hall–Kier alpha value is -2.17. The van der Waals surface area contributed by atoms with Crippen molar-refractivity contribution in [1.29, 1.82) is 0 Å². The number of nitrogens with two attached hydrogens (primary N) is 1. The zero-order valence-corrected chi connectivity index (χ0v) is 14.8. The first-order chi connectivity index (χ1) is 11.8. The molecule has 0 saturated carbocycles. The van der Waals surface area contributed by atoms with Gasteiger partial charge in [-0.1, -0.05) is 0 Å². The van der Waals surface area contributed by atoms with Gasteiger partial charge in [0.1, 0.15) is 16.5 Å². The molecule has 1 aliphatic heterocycles. The molecule has 1 fully saturated rings. The SMILES string of the molecule is Cc1oc(C(=O)Nc2cc(C3CCOCC3)nn2C)cc1S(N)(=O)=O. The number of rotatable bonds is 4. The third kappa shape index (κ3) is 3.75. The number of carbonyl (C=O) groups is 1. The van der Waals surface area contributed by atoms with Gasteiger partial charge >= 0.3 is 0 Å². The summed E-state index contributed by atoms with van der Waals surface area (Å²) in [6.07, 6.45) is 1.78. The molecule has 0 aliphatic carbocycles. The summed E-state index contributed by atoms with van der Waals surface area (Å²) in [5, 5.41) is 12.2. The van der Waals surface area contributed by atoms with E-state index in [0.717, 1.165) is 24.6 Å². The Balaban J connectivity index is 1.78. The smallest absolute Gasteiger partial charge is 0.292 e. The van der Waals surface area contributed by atoms with E-state index in [0.29, 0.717) is 24.9 Å². The fraction of sp³-hybridized carbons (Fsp3) is 0.467. The highest BCUT2D eigenvalue weighted by Gasteiger charge is 2.23. The second-order valence-corrected chi connectivity index (χ2v) is 7.52. The average Bonchev–Trinajstić information content (AvgIpc) is 3.12. The molecule has 0 radical (unpaired) electrons. The number of aromatic nitrogens is 2. The molecule has 2 aromatic rings. The zero-order chi connectivity index (χ0) is 18.2. The molecule has 1 amide bonds. The van der Waals surface area contributed by atoms with Crippen LogP contribution in [0.2, 0.25) is 0 Å². The molecule has 0 atom stereocenters. The molecule has 10 heteroatoms. The minimum atomic E-state index is -3.94. The number of furan rings is 1. The van der Waals surface area contributed by atoms with Gasteiger partial charge in [-0.25, -0.2) is 13.6 Å². The standard InChI is InChI=1S/C15H20N4O5S/c1-9-13(25(16,21)22)8-12(24-9)15(20)17-14-7-11(18-19(14)2)10-3-5-23-6-4-10/h7-8,10H,3-6H2,1-2H3,(H,17,20)(H2,16,21,22). The van der Waals surface area contributed by atoms with Crippen LogP contribution in [0.25, 0.3) is 0 Å². The van der Waals surface area contributed by atoms with E-state index in [9.17, 15) is 13.2 Å². The number of hydrogen-bond donors (Lipinski definition) is 2. The zero-order valence-electron chi connectivity index (χ0n) is 14.0. The third-order valence-corrected chi connectivity index (χ3v) is 5.20. The molecule has 0 aromatic carbocycles. The molecule has 3 rings (SSSR count). The number of nitrogens with zero attached hydrogens (tertiary/aromatic N) is 2. The van der Waals surface area contributed by atoms with E-state index >= 15 is 0 Å². The second kappa shape index (κ2) is 6.62. The largest absolute Gasteiger partial charge is 0.455 e. The summed E-state index contributed by atoms with van der Waals surface area (Å²) in [5.74, 6) is 0.165. The fourth-order valence-electron chi connectivity index (χ4n) is 2.84. The molecule has 0 spiro atoms. The maximum Gasteiger partial charge on any atom is 0.292 e. The van der Waals surface area contributed by atoms with E-state index in [-0.39, 0.29) is 16.4 Å². The monoisotopic (exact) mass is 368 g/mol. The Morgan fingerprint density at radius 2 is 2.04 bits per heavy atom. The van der Waals surface area contributed by atoms with Crippen LogP contribution < -0.4 is 10.5 Å². The number of aryl methyl sites for hydroxylation is 2. The van der Waals surface area contributed by atoms with Crippen LogP contribution in [0, 0.1) is 6.92 Å². The molecule has 2 aromatic heterocycles. The fourth-order valence-corrected chi connectivity index (χ4v) is 3.55. The van der Waals surface area contributed by atoms with Crippen LogP contribution in [0.4, 0.5) is 5.82 Å². The number of carbonyl (C=O) groups excluding carboxylic acids is 1. The lowest BCUT2D eigenvalue weighted by molar-refractivity contribution is 0.0844. The van der Waals surface area contributed by atoms with Gasteiger partial charge in [-0.05, 0) is 19.8 Å². The first-order valence-electron chi connectivity index (χ1n) is 7.82. The quantitative estimate of drug-likeness (QED) is 0.832. The third-order valence-electron chi connectivity index (χ3n) is 4.18. The average molecular weight is 368 g/mol. The topological polar surface area (TPSA) is 129 Å². The van der Waals surface area contributed by atoms with E-state index in [1.165, 1.54) is 6.92 Å². The highest BCUT2D eigenvalue weighted by molar-refractivity contribution is 7.89. The Morgan fingerprint density at radius 1 is 1.36 bits per heavy atom. The van der Waals surface area contributed by atoms with Crippen LogP contribution in [0.1, 0.15) is 40.8 Å². The summed E-state index contributed by atoms with van der Waals surface area (Å²) in [6, 6.07) is 2.93. The van der Waals surface area contributed by atoms with Gasteiger partial charge in [0.15, 0.2) is 5.76 Å². The van der Waals surface area contributed by atoms with Crippen molar-refractivity contribution < 1.29 is 22.4 Å². The van der Waals surface area contributed by atoms with E-state index in [2.05, 4.69) is 10.4 Å². The van der Waals surface area contributed by atoms with Gasteiger partial charge in [0, 0.05) is 38.3 Å². The molecular formula is C15H20N4O5S. The Labute approximate surface area is 145 Å². The summed E-state index contributed by atoms with van der Waals surface area (Å²) in [4.78, 5) is 12.1. The molecule has 3 heterocycles. The predicted octanol–water partition coefficient (Wildman–Crippen LogP) is 1.12. The highest BCUT2D eigenvalue weighted by Crippen LogP contribution is 2.28. The molecule has 1 saturated heterocycles. The molecule has 0 bridgehead atoms. The van der Waals surface area contributed by atoms with E-state index in [4.69, 9.17) is 14.3 Å². The van der Waals surface area contributed by atoms with Crippen molar-refractivity contribution in [3.8, 4) is 0 Å². The summed E-state index contributed by atoms with van der Waals surface area (Å²) in [7, 11) is -2.22. The molecule has 25 heavy (non-hydrogen) atoms. The van der Waals surface area contributed by atoms with Crippen molar-refractivity contribution >= 4 is 21.7 Å². The number of amides is 1. The van der Waals surface area contributed by atoms with E-state index < -0.39 is 15.9 Å². The molecular weight excluding hydrogens is 348 g/mol. The van der Waals surface area contributed by atoms with Crippen LogP contribution in [0.3, 0.4) is 0 Å². The molecule has 9 nitrogen and oxygen atoms in total. The highest BCUT2D eigenvalue weighted by atomic mass is 32.2. The first-order valence-corrected chi connectivity index (χ1v) is 9.36. The summed E-state index contributed by atoms with van der Waals surface area (Å²) in [6.45, 7) is 2.83. The maximum absolute atomic E-state index is 12.3. The lowest BCUT2D eigenvalue weighted by Gasteiger charge is -2.19. The maximum atomic E-state index is 12.3. The van der Waals surface area contributed by atoms with Crippen LogP contribution in [0.5, 0.6) is 0 Å². The van der Waals surface area contributed by atoms with Crippen LogP contribution in [0.15, 0.2) is 21.4 Å². The van der Waals surface area contributed by atoms with Gasteiger partial charge < -0.3 is 14.5 Å². The summed E-state index contributed by atoms with van der Waals surface area (Å²) in [5.41, 5.74) is 0.891. The van der Waals surface area contributed by atoms with Gasteiger partial charge in [-0.3, -0.25) is 9.48 Å². The minimum Gasteiger partial charge on any atom is -0.455 e. The van der Waals surface area contributed by atoms with Crippen molar-refractivity contribution in [1.82, 2.24) is 9.78 Å². The Morgan fingerprint density at radius 3 is 2.64 bits per heavy atom. The van der Waals surface area contributed by atoms with Gasteiger partial charge in [0.2, 0.25) is 10.0 Å². The van der Waals surface area contributed by atoms with Gasteiger partial charge in [0.25, 0.3) is 5.91 Å². The van der Waals surface area contributed by atoms with Crippen molar-refractivity contribution in [3.05, 3.63) is 29.3 Å². The Kier molecular flexibility index (Phi) is 4.67. The predicted molar refractivity (Wildman–Crippen MR) is 88.8 cm³/mol. The number of nitrogens with one attached hydrogen (secondary N) is 1. The number of ether oxygens (including phenoxy) is 1. The first kappa shape index (κ1) is 17.6. The van der Waals surface area contributed by atoms with Crippen molar-refractivity contribution in [2.45, 2.75) is 30.6 Å². The van der Waals surface area contributed by atoms with E-state index in [1.807, 2.05) is 6.07 Å². The number of hydrogen-bond acceptors (Lipinski definition) is 6. The van der Waals surface area contributed by atoms with Crippen LogP contribution >= 0.6 is 0 Å². The van der Waals surface area contributed by atoms with Gasteiger partial charge in [-0.2, -0.15) is 5.10 Å². The summed E-state index contributed by atoms with van der Waals surface area (Å²) >= 11 is 0. The molecule has 3 N–H and O–H groups in total. The number of primary sulfonamides is 1. The van der Waals surface area contributed by atoms with Gasteiger partial charge in [-0.15, -0.1) is 0 Å². The van der Waals surface area contributed by atoms with E-state index in [1.54, 1.807) is 11.7 Å². The van der Waals surface area contributed by atoms with Gasteiger partial charge in [0.05, 0.1) is 5.69 Å². The van der Waals surface area contributed by atoms with Crippen molar-refractivity contribution in [2.75, 3.05) is 18.5 Å². The van der Waals surface area contributed by atoms with Crippen molar-refractivity contribution in [3.63, 3.8) is 0 Å². The molecule has 0 unspecified atom stereocenters. The van der Waals surface area contributed by atoms with Crippen LogP contribution in [-0.4, -0.2) is 37.3 Å². The lowest BCUT2D eigenvalue weighted by atomic mass is 9.97. The number of sulfonamides is 1. The Bertz CT molecular complexity index is 893. The summed E-state index contributed by atoms with van der Waals surface area (Å²) < 4.78 is 35.0. The van der Waals surface area contributed by atoms with Crippen LogP contribution in [-0.2, 0) is 21.8 Å². The normalized spacial score (nSPS) is 16.1. The molecule has 1 aliphatic rings. The second-order valence-electron chi connectivity index (χ2n) is 5.99. The molecule has 136 valence electrons. The minimum absolute atomic E-state index is 0.0700.